The highest BCUT2D eigenvalue weighted by Gasteiger charge is 2.29. The largest absolute Gasteiger partial charge is 0.467 e. The van der Waals surface area contributed by atoms with Crippen molar-refractivity contribution in [2.75, 3.05) is 52.5 Å². The van der Waals surface area contributed by atoms with E-state index >= 15 is 0 Å². The first-order valence-corrected chi connectivity index (χ1v) is 9.03. The Morgan fingerprint density at radius 1 is 1.15 bits per heavy atom. The number of halogens is 3. The molecule has 0 radical (unpaired) electrons. The van der Waals surface area contributed by atoms with Crippen LogP contribution in [0.2, 0.25) is 0 Å². The Bertz CT molecular complexity index is 613. The Labute approximate surface area is 155 Å². The van der Waals surface area contributed by atoms with Crippen molar-refractivity contribution in [1.29, 1.82) is 0 Å². The smallest absolute Gasteiger partial charge is 0.422 e. The summed E-state index contributed by atoms with van der Waals surface area (Å²) in [5.41, 5.74) is 0.104. The van der Waals surface area contributed by atoms with E-state index in [0.29, 0.717) is 19.0 Å². The summed E-state index contributed by atoms with van der Waals surface area (Å²) < 4.78 is 46.3. The van der Waals surface area contributed by atoms with Gasteiger partial charge in [-0.2, -0.15) is 13.2 Å². The van der Waals surface area contributed by atoms with Crippen LogP contribution in [0.3, 0.4) is 0 Å². The van der Waals surface area contributed by atoms with Gasteiger partial charge in [-0.15, -0.1) is 10.2 Å². The Kier molecular flexibility index (Phi) is 6.48. The zero-order valence-electron chi connectivity index (χ0n) is 15.0. The number of nitrogens with zero attached hydrogens (tertiary/aromatic N) is 4. The lowest BCUT2D eigenvalue weighted by molar-refractivity contribution is -0.154. The molecule has 0 N–H and O–H groups in total. The summed E-state index contributed by atoms with van der Waals surface area (Å²) in [5.74, 6) is 0.122. The lowest BCUT2D eigenvalue weighted by Gasteiger charge is -2.37. The molecule has 2 fully saturated rings. The topological polar surface area (TPSA) is 67.8 Å². The molecule has 3 heterocycles. The quantitative estimate of drug-likeness (QED) is 0.763. The number of rotatable bonds is 5. The van der Waals surface area contributed by atoms with Crippen molar-refractivity contribution in [3.05, 3.63) is 17.8 Å². The second-order valence-electron chi connectivity index (χ2n) is 6.81. The summed E-state index contributed by atoms with van der Waals surface area (Å²) in [6.07, 6.45) is -2.28. The fraction of sp³-hybridized carbons (Fsp3) is 0.706. The highest BCUT2D eigenvalue weighted by atomic mass is 19.4. The van der Waals surface area contributed by atoms with E-state index in [4.69, 9.17) is 4.74 Å². The van der Waals surface area contributed by atoms with Crippen molar-refractivity contribution in [2.45, 2.75) is 19.0 Å². The van der Waals surface area contributed by atoms with Crippen LogP contribution < -0.4 is 4.74 Å². The molecule has 0 atom stereocenters. The van der Waals surface area contributed by atoms with Crippen LogP contribution in [0, 0.1) is 5.92 Å². The van der Waals surface area contributed by atoms with Gasteiger partial charge in [-0.25, -0.2) is 0 Å². The molecule has 10 heteroatoms. The number of ether oxygens (including phenoxy) is 2. The van der Waals surface area contributed by atoms with E-state index < -0.39 is 12.8 Å². The number of piperazine rings is 1. The molecule has 0 bridgehead atoms. The predicted molar refractivity (Wildman–Crippen MR) is 89.5 cm³/mol. The standard InChI is InChI=1S/C17H23F3N4O3/c18-17(19,20)12-27-15-2-1-14(21-22-15)16(25)24-7-5-23(6-8-24)11-13-3-9-26-10-4-13/h1-2,13H,3-12H2. The summed E-state index contributed by atoms with van der Waals surface area (Å²) in [7, 11) is 0. The number of amides is 1. The summed E-state index contributed by atoms with van der Waals surface area (Å²) in [4.78, 5) is 16.5. The zero-order valence-corrected chi connectivity index (χ0v) is 15.0. The minimum atomic E-state index is -4.44. The maximum Gasteiger partial charge on any atom is 0.422 e. The average molecular weight is 388 g/mol. The summed E-state index contributed by atoms with van der Waals surface area (Å²) in [6.45, 7) is 4.01. The van der Waals surface area contributed by atoms with Crippen LogP contribution in [0.5, 0.6) is 5.88 Å². The van der Waals surface area contributed by atoms with Crippen molar-refractivity contribution in [1.82, 2.24) is 20.0 Å². The summed E-state index contributed by atoms with van der Waals surface area (Å²) >= 11 is 0. The third-order valence-electron chi connectivity index (χ3n) is 4.76. The van der Waals surface area contributed by atoms with Gasteiger partial charge in [0.15, 0.2) is 12.3 Å². The molecule has 0 aromatic carbocycles. The molecule has 0 saturated carbocycles. The van der Waals surface area contributed by atoms with Crippen LogP contribution in [0.15, 0.2) is 12.1 Å². The van der Waals surface area contributed by atoms with Crippen molar-refractivity contribution >= 4 is 5.91 Å². The molecule has 7 nitrogen and oxygen atoms in total. The molecule has 1 aromatic rings. The van der Waals surface area contributed by atoms with Gasteiger partial charge in [0.1, 0.15) is 0 Å². The molecule has 0 spiro atoms. The molecule has 3 rings (SSSR count). The molecule has 1 aromatic heterocycles. The van der Waals surface area contributed by atoms with Crippen molar-refractivity contribution in [3.63, 3.8) is 0 Å². The lowest BCUT2D eigenvalue weighted by atomic mass is 9.99. The van der Waals surface area contributed by atoms with Gasteiger partial charge in [0, 0.05) is 52.0 Å². The van der Waals surface area contributed by atoms with E-state index in [1.165, 1.54) is 12.1 Å². The zero-order chi connectivity index (χ0) is 19.3. The van der Waals surface area contributed by atoms with Gasteiger partial charge < -0.3 is 14.4 Å². The van der Waals surface area contributed by atoms with Crippen LogP contribution in [0.4, 0.5) is 13.2 Å². The van der Waals surface area contributed by atoms with Crippen LogP contribution in [-0.2, 0) is 4.74 Å². The molecular formula is C17H23F3N4O3. The molecule has 27 heavy (non-hydrogen) atoms. The molecule has 2 saturated heterocycles. The van der Waals surface area contributed by atoms with Gasteiger partial charge >= 0.3 is 6.18 Å². The number of hydrogen-bond donors (Lipinski definition) is 0. The molecule has 2 aliphatic heterocycles. The van der Waals surface area contributed by atoms with E-state index in [0.717, 1.165) is 45.7 Å². The first kappa shape index (κ1) is 19.8. The Hall–Kier alpha value is -1.94. The molecule has 150 valence electrons. The fourth-order valence-corrected chi connectivity index (χ4v) is 3.26. The van der Waals surface area contributed by atoms with E-state index in [9.17, 15) is 18.0 Å². The van der Waals surface area contributed by atoms with Crippen molar-refractivity contribution < 1.29 is 27.4 Å². The van der Waals surface area contributed by atoms with Crippen LogP contribution >= 0.6 is 0 Å². The number of aromatic nitrogens is 2. The Morgan fingerprint density at radius 2 is 1.85 bits per heavy atom. The maximum atomic E-state index is 12.5. The number of carbonyl (C=O) groups is 1. The maximum absolute atomic E-state index is 12.5. The Morgan fingerprint density at radius 3 is 2.44 bits per heavy atom. The fourth-order valence-electron chi connectivity index (χ4n) is 3.26. The highest BCUT2D eigenvalue weighted by Crippen LogP contribution is 2.18. The first-order valence-electron chi connectivity index (χ1n) is 9.03. The van der Waals surface area contributed by atoms with Crippen molar-refractivity contribution in [2.24, 2.45) is 5.92 Å². The third kappa shape index (κ3) is 6.03. The molecule has 2 aliphatic rings. The average Bonchev–Trinajstić information content (AvgIpc) is 2.67. The monoisotopic (exact) mass is 388 g/mol. The number of alkyl halides is 3. The minimum absolute atomic E-state index is 0.104. The minimum Gasteiger partial charge on any atom is -0.467 e. The van der Waals surface area contributed by atoms with E-state index in [2.05, 4.69) is 19.8 Å². The van der Waals surface area contributed by atoms with Crippen LogP contribution in [-0.4, -0.2) is 84.6 Å². The summed E-state index contributed by atoms with van der Waals surface area (Å²) in [5, 5.41) is 7.25. The lowest BCUT2D eigenvalue weighted by Crippen LogP contribution is -2.50. The molecule has 0 unspecified atom stereocenters. The highest BCUT2D eigenvalue weighted by molar-refractivity contribution is 5.92. The van der Waals surface area contributed by atoms with Gasteiger partial charge in [-0.1, -0.05) is 0 Å². The van der Waals surface area contributed by atoms with E-state index in [-0.39, 0.29) is 17.5 Å². The van der Waals surface area contributed by atoms with Gasteiger partial charge in [-0.05, 0) is 24.8 Å². The second-order valence-corrected chi connectivity index (χ2v) is 6.81. The predicted octanol–water partition coefficient (Wildman–Crippen LogP) is 1.60. The molecular weight excluding hydrogens is 365 g/mol. The van der Waals surface area contributed by atoms with Gasteiger partial charge in [0.05, 0.1) is 0 Å². The molecule has 0 aliphatic carbocycles. The van der Waals surface area contributed by atoms with E-state index in [1.807, 2.05) is 0 Å². The third-order valence-corrected chi connectivity index (χ3v) is 4.76. The Balaban J connectivity index is 1.45. The number of carbonyl (C=O) groups excluding carboxylic acids is 1. The van der Waals surface area contributed by atoms with Gasteiger partial charge in [0.25, 0.3) is 5.91 Å². The van der Waals surface area contributed by atoms with Gasteiger partial charge in [0.2, 0.25) is 5.88 Å². The first-order chi connectivity index (χ1) is 12.9. The summed E-state index contributed by atoms with van der Waals surface area (Å²) in [6, 6.07) is 2.57. The van der Waals surface area contributed by atoms with Crippen LogP contribution in [0.1, 0.15) is 23.3 Å². The molecule has 1 amide bonds. The van der Waals surface area contributed by atoms with Crippen molar-refractivity contribution in [3.8, 4) is 5.88 Å². The SMILES string of the molecule is O=C(c1ccc(OCC(F)(F)F)nn1)N1CCN(CC2CCOCC2)CC1. The second kappa shape index (κ2) is 8.83. The van der Waals surface area contributed by atoms with Crippen LogP contribution in [0.25, 0.3) is 0 Å². The van der Waals surface area contributed by atoms with E-state index in [1.54, 1.807) is 4.90 Å². The van der Waals surface area contributed by atoms with Gasteiger partial charge in [-0.3, -0.25) is 9.69 Å². The number of hydrogen-bond acceptors (Lipinski definition) is 6. The normalized spacial score (nSPS) is 19.9.